The van der Waals surface area contributed by atoms with Gasteiger partial charge in [-0.2, -0.15) is 0 Å². The molecule has 150 valence electrons. The Bertz CT molecular complexity index is 240. The van der Waals surface area contributed by atoms with Crippen LogP contribution in [0.25, 0.3) is 0 Å². The van der Waals surface area contributed by atoms with Crippen molar-refractivity contribution < 1.29 is 0 Å². The monoisotopic (exact) mass is 350 g/mol. The van der Waals surface area contributed by atoms with Crippen LogP contribution in [0.5, 0.6) is 0 Å². The summed E-state index contributed by atoms with van der Waals surface area (Å²) in [5.74, 6) is 0. The highest BCUT2D eigenvalue weighted by molar-refractivity contribution is 4.81. The van der Waals surface area contributed by atoms with Gasteiger partial charge in [-0.25, -0.2) is 0 Å². The van der Waals surface area contributed by atoms with Gasteiger partial charge in [-0.1, -0.05) is 135 Å². The summed E-state index contributed by atoms with van der Waals surface area (Å²) in [7, 11) is 0. The molecule has 0 nitrogen and oxygen atoms in total. The van der Waals surface area contributed by atoms with Crippen LogP contribution in [0.4, 0.5) is 0 Å². The van der Waals surface area contributed by atoms with Crippen LogP contribution in [0.2, 0.25) is 0 Å². The van der Waals surface area contributed by atoms with Crippen LogP contribution in [-0.2, 0) is 0 Å². The van der Waals surface area contributed by atoms with E-state index in [1.54, 1.807) is 0 Å². The fraction of sp³-hybridized carbons (Fsp3) is 0.920. The Morgan fingerprint density at radius 1 is 0.320 bits per heavy atom. The Hall–Kier alpha value is -0.260. The minimum absolute atomic E-state index is 1.30. The zero-order valence-corrected chi connectivity index (χ0v) is 18.0. The maximum absolute atomic E-state index is 2.42. The largest absolute Gasteiger partial charge is 0.0885 e. The standard InChI is InChI=1S/C25H50/c1-3-5-7-9-11-13-15-17-19-21-23-25-24-22-20-18-16-14-12-10-8-6-4-2/h13,15H,3-12,14,16-25H2,1-2H3/b15-13-. The molecule has 0 heterocycles. The molecule has 0 unspecified atom stereocenters. The summed E-state index contributed by atoms with van der Waals surface area (Å²) >= 11 is 0. The summed E-state index contributed by atoms with van der Waals surface area (Å²) in [5, 5.41) is 0. The van der Waals surface area contributed by atoms with Gasteiger partial charge < -0.3 is 0 Å². The molecule has 0 radical (unpaired) electrons. The first kappa shape index (κ1) is 24.7. The van der Waals surface area contributed by atoms with Crippen molar-refractivity contribution in [2.75, 3.05) is 0 Å². The van der Waals surface area contributed by atoms with Crippen molar-refractivity contribution in [3.05, 3.63) is 12.2 Å². The predicted octanol–water partition coefficient (Wildman–Crippen LogP) is 9.77. The van der Waals surface area contributed by atoms with Crippen molar-refractivity contribution in [2.24, 2.45) is 0 Å². The number of allylic oxidation sites excluding steroid dienone is 2. The van der Waals surface area contributed by atoms with E-state index in [1.807, 2.05) is 0 Å². The molecule has 25 heavy (non-hydrogen) atoms. The lowest BCUT2D eigenvalue weighted by atomic mass is 10.0. The molecule has 0 heteroatoms. The SMILES string of the molecule is CCCCCC/C=C\CCCCCCCCCCCCCCCCC. The summed E-state index contributed by atoms with van der Waals surface area (Å²) in [6, 6.07) is 0. The van der Waals surface area contributed by atoms with E-state index >= 15 is 0 Å². The quantitative estimate of drug-likeness (QED) is 0.143. The topological polar surface area (TPSA) is 0 Å². The molecule has 0 rings (SSSR count). The lowest BCUT2D eigenvalue weighted by Crippen LogP contribution is -1.83. The molecule has 0 aromatic rings. The minimum Gasteiger partial charge on any atom is -0.0885 e. The number of hydrogen-bond donors (Lipinski definition) is 0. The molecule has 0 aromatic carbocycles. The molecule has 0 atom stereocenters. The Morgan fingerprint density at radius 3 is 0.880 bits per heavy atom. The Balaban J connectivity index is 3.01. The van der Waals surface area contributed by atoms with Crippen LogP contribution in [0.15, 0.2) is 12.2 Å². The molecule has 0 spiro atoms. The lowest BCUT2D eigenvalue weighted by Gasteiger charge is -2.03. The molecule has 0 aliphatic heterocycles. The van der Waals surface area contributed by atoms with Gasteiger partial charge in [0.2, 0.25) is 0 Å². The second kappa shape index (κ2) is 23.7. The Labute approximate surface area is 161 Å². The second-order valence-corrected chi connectivity index (χ2v) is 8.06. The van der Waals surface area contributed by atoms with Gasteiger partial charge in [-0.15, -0.1) is 0 Å². The Morgan fingerprint density at radius 2 is 0.560 bits per heavy atom. The van der Waals surface area contributed by atoms with E-state index in [0.29, 0.717) is 0 Å². The average Bonchev–Trinajstić information content (AvgIpc) is 2.63. The summed E-state index contributed by atoms with van der Waals surface area (Å²) in [5.41, 5.74) is 0. The third-order valence-corrected chi connectivity index (χ3v) is 5.37. The molecule has 0 aliphatic rings. The maximum atomic E-state index is 2.42. The van der Waals surface area contributed by atoms with Crippen molar-refractivity contribution in [3.8, 4) is 0 Å². The normalized spacial score (nSPS) is 11.6. The van der Waals surface area contributed by atoms with Crippen LogP contribution in [0.3, 0.4) is 0 Å². The van der Waals surface area contributed by atoms with Gasteiger partial charge in [0.15, 0.2) is 0 Å². The minimum atomic E-state index is 1.30. The van der Waals surface area contributed by atoms with Gasteiger partial charge in [0, 0.05) is 0 Å². The molecule has 0 amide bonds. The van der Waals surface area contributed by atoms with Gasteiger partial charge in [0.25, 0.3) is 0 Å². The molecule has 0 aliphatic carbocycles. The van der Waals surface area contributed by atoms with E-state index in [-0.39, 0.29) is 0 Å². The molecule has 0 saturated heterocycles. The molecule has 0 saturated carbocycles. The summed E-state index contributed by atoms with van der Waals surface area (Å²) in [4.78, 5) is 0. The highest BCUT2D eigenvalue weighted by Gasteiger charge is 1.94. The van der Waals surface area contributed by atoms with Crippen LogP contribution >= 0.6 is 0 Å². The van der Waals surface area contributed by atoms with Crippen molar-refractivity contribution in [3.63, 3.8) is 0 Å². The zero-order chi connectivity index (χ0) is 18.3. The van der Waals surface area contributed by atoms with E-state index in [4.69, 9.17) is 0 Å². The van der Waals surface area contributed by atoms with Crippen molar-refractivity contribution in [1.29, 1.82) is 0 Å². The van der Waals surface area contributed by atoms with Gasteiger partial charge in [0.1, 0.15) is 0 Å². The van der Waals surface area contributed by atoms with Crippen LogP contribution in [-0.4, -0.2) is 0 Å². The molecular formula is C25H50. The second-order valence-electron chi connectivity index (χ2n) is 8.06. The summed E-state index contributed by atoms with van der Waals surface area (Å²) < 4.78 is 0. The van der Waals surface area contributed by atoms with E-state index in [0.717, 1.165) is 0 Å². The van der Waals surface area contributed by atoms with Gasteiger partial charge in [-0.05, 0) is 25.7 Å². The first-order valence-corrected chi connectivity index (χ1v) is 12.1. The van der Waals surface area contributed by atoms with Crippen LogP contribution in [0.1, 0.15) is 149 Å². The third-order valence-electron chi connectivity index (χ3n) is 5.37. The van der Waals surface area contributed by atoms with Crippen LogP contribution < -0.4 is 0 Å². The van der Waals surface area contributed by atoms with E-state index < -0.39 is 0 Å². The fourth-order valence-corrected chi connectivity index (χ4v) is 3.56. The average molecular weight is 351 g/mol. The van der Waals surface area contributed by atoms with Crippen molar-refractivity contribution >= 4 is 0 Å². The first-order chi connectivity index (χ1) is 12.4. The summed E-state index contributed by atoms with van der Waals surface area (Å²) in [6.07, 6.45) is 34.9. The van der Waals surface area contributed by atoms with E-state index in [2.05, 4.69) is 26.0 Å². The number of unbranched alkanes of at least 4 members (excludes halogenated alkanes) is 19. The number of rotatable bonds is 21. The lowest BCUT2D eigenvalue weighted by molar-refractivity contribution is 0.533. The highest BCUT2D eigenvalue weighted by atomic mass is 14.0. The molecule has 0 fully saturated rings. The molecule has 0 N–H and O–H groups in total. The van der Waals surface area contributed by atoms with Gasteiger partial charge in [-0.3, -0.25) is 0 Å². The highest BCUT2D eigenvalue weighted by Crippen LogP contribution is 2.14. The van der Waals surface area contributed by atoms with E-state index in [1.165, 1.54) is 135 Å². The molecule has 0 aromatic heterocycles. The molecular weight excluding hydrogens is 300 g/mol. The number of hydrogen-bond acceptors (Lipinski definition) is 0. The third kappa shape index (κ3) is 23.7. The molecule has 0 bridgehead atoms. The van der Waals surface area contributed by atoms with Crippen molar-refractivity contribution in [2.45, 2.75) is 149 Å². The Kier molecular flexibility index (Phi) is 23.5. The zero-order valence-electron chi connectivity index (χ0n) is 18.0. The smallest absolute Gasteiger partial charge is 0.0351 e. The van der Waals surface area contributed by atoms with E-state index in [9.17, 15) is 0 Å². The van der Waals surface area contributed by atoms with Gasteiger partial charge in [0.05, 0.1) is 0 Å². The fourth-order valence-electron chi connectivity index (χ4n) is 3.56. The summed E-state index contributed by atoms with van der Waals surface area (Å²) in [6.45, 7) is 4.58. The maximum Gasteiger partial charge on any atom is -0.0351 e. The first-order valence-electron chi connectivity index (χ1n) is 12.1. The predicted molar refractivity (Wildman–Crippen MR) is 117 cm³/mol. The van der Waals surface area contributed by atoms with Gasteiger partial charge >= 0.3 is 0 Å². The van der Waals surface area contributed by atoms with Crippen molar-refractivity contribution in [1.82, 2.24) is 0 Å². The van der Waals surface area contributed by atoms with Crippen LogP contribution in [0, 0.1) is 0 Å².